The molecule has 140 valence electrons. The van der Waals surface area contributed by atoms with Crippen molar-refractivity contribution in [3.63, 3.8) is 0 Å². The summed E-state index contributed by atoms with van der Waals surface area (Å²) in [5.74, 6) is -0.159. The summed E-state index contributed by atoms with van der Waals surface area (Å²) < 4.78 is 3.70. The molecule has 0 saturated heterocycles. The number of aryl methyl sites for hydroxylation is 1. The molecule has 2 heterocycles. The molecular formula is C23H22N4O. The van der Waals surface area contributed by atoms with E-state index in [0.717, 1.165) is 22.6 Å². The first-order valence-corrected chi connectivity index (χ1v) is 9.26. The summed E-state index contributed by atoms with van der Waals surface area (Å²) in [5, 5.41) is 7.81. The van der Waals surface area contributed by atoms with Crippen LogP contribution in [0.4, 0.5) is 0 Å². The molecule has 0 aliphatic heterocycles. The number of carbonyl (C=O) groups excluding carboxylic acids is 1. The SMILES string of the molecule is CC(NC(=O)c1cc(-c2cccn2C)nn1-c1ccccc1)c1ccccc1. The van der Waals surface area contributed by atoms with Crippen molar-refractivity contribution < 1.29 is 4.79 Å². The van der Waals surface area contributed by atoms with E-state index in [2.05, 4.69) is 5.32 Å². The number of para-hydroxylation sites is 1. The molecule has 1 atom stereocenters. The van der Waals surface area contributed by atoms with Crippen molar-refractivity contribution in [2.45, 2.75) is 13.0 Å². The molecule has 4 rings (SSSR count). The highest BCUT2D eigenvalue weighted by Crippen LogP contribution is 2.22. The molecular weight excluding hydrogens is 348 g/mol. The first kappa shape index (κ1) is 17.8. The van der Waals surface area contributed by atoms with Crippen molar-refractivity contribution in [1.82, 2.24) is 19.7 Å². The Balaban J connectivity index is 1.71. The Morgan fingerprint density at radius 3 is 2.29 bits per heavy atom. The van der Waals surface area contributed by atoms with Gasteiger partial charge in [-0.25, -0.2) is 4.68 Å². The third-order valence-corrected chi connectivity index (χ3v) is 4.80. The quantitative estimate of drug-likeness (QED) is 0.567. The van der Waals surface area contributed by atoms with Gasteiger partial charge in [0.05, 0.1) is 17.4 Å². The second kappa shape index (κ2) is 7.56. The normalized spacial score (nSPS) is 11.9. The van der Waals surface area contributed by atoms with Crippen LogP contribution in [0.15, 0.2) is 85.1 Å². The lowest BCUT2D eigenvalue weighted by atomic mass is 10.1. The van der Waals surface area contributed by atoms with E-state index in [1.165, 1.54) is 0 Å². The molecule has 0 radical (unpaired) electrons. The molecule has 28 heavy (non-hydrogen) atoms. The smallest absolute Gasteiger partial charge is 0.270 e. The number of hydrogen-bond donors (Lipinski definition) is 1. The predicted molar refractivity (Wildman–Crippen MR) is 110 cm³/mol. The summed E-state index contributed by atoms with van der Waals surface area (Å²) in [6, 6.07) is 25.3. The van der Waals surface area contributed by atoms with Crippen LogP contribution in [-0.4, -0.2) is 20.3 Å². The summed E-state index contributed by atoms with van der Waals surface area (Å²) in [6.45, 7) is 1.98. The van der Waals surface area contributed by atoms with Crippen LogP contribution in [0.3, 0.4) is 0 Å². The summed E-state index contributed by atoms with van der Waals surface area (Å²) in [7, 11) is 1.97. The van der Waals surface area contributed by atoms with Crippen molar-refractivity contribution >= 4 is 5.91 Å². The number of benzene rings is 2. The molecule has 1 unspecified atom stereocenters. The van der Waals surface area contributed by atoms with E-state index in [9.17, 15) is 4.79 Å². The van der Waals surface area contributed by atoms with Gasteiger partial charge in [-0.05, 0) is 42.8 Å². The first-order valence-electron chi connectivity index (χ1n) is 9.26. The van der Waals surface area contributed by atoms with Gasteiger partial charge in [0.25, 0.3) is 5.91 Å². The summed E-state index contributed by atoms with van der Waals surface area (Å²) >= 11 is 0. The van der Waals surface area contributed by atoms with Gasteiger partial charge in [0.15, 0.2) is 0 Å². The maximum absolute atomic E-state index is 13.1. The van der Waals surface area contributed by atoms with Crippen molar-refractivity contribution in [3.8, 4) is 17.1 Å². The fourth-order valence-electron chi connectivity index (χ4n) is 3.26. The third-order valence-electron chi connectivity index (χ3n) is 4.80. The van der Waals surface area contributed by atoms with E-state index in [1.54, 1.807) is 4.68 Å². The van der Waals surface area contributed by atoms with E-state index in [1.807, 2.05) is 104 Å². The van der Waals surface area contributed by atoms with Gasteiger partial charge >= 0.3 is 0 Å². The number of rotatable bonds is 5. The van der Waals surface area contributed by atoms with Gasteiger partial charge in [-0.15, -0.1) is 0 Å². The highest BCUT2D eigenvalue weighted by Gasteiger charge is 2.20. The van der Waals surface area contributed by atoms with Crippen LogP contribution in [-0.2, 0) is 7.05 Å². The maximum Gasteiger partial charge on any atom is 0.270 e. The Hall–Kier alpha value is -3.60. The molecule has 0 bridgehead atoms. The zero-order chi connectivity index (χ0) is 19.5. The largest absolute Gasteiger partial charge is 0.349 e. The molecule has 0 aliphatic carbocycles. The molecule has 2 aromatic heterocycles. The van der Waals surface area contributed by atoms with Crippen molar-refractivity contribution in [1.29, 1.82) is 0 Å². The Labute approximate surface area is 164 Å². The minimum absolute atomic E-state index is 0.105. The van der Waals surface area contributed by atoms with Crippen LogP contribution in [0.25, 0.3) is 17.1 Å². The van der Waals surface area contributed by atoms with E-state index < -0.39 is 0 Å². The van der Waals surface area contributed by atoms with Crippen LogP contribution < -0.4 is 5.32 Å². The number of carbonyl (C=O) groups is 1. The van der Waals surface area contributed by atoms with Crippen LogP contribution in [0.1, 0.15) is 29.0 Å². The fourth-order valence-corrected chi connectivity index (χ4v) is 3.26. The number of amides is 1. The van der Waals surface area contributed by atoms with Crippen LogP contribution in [0.5, 0.6) is 0 Å². The van der Waals surface area contributed by atoms with Crippen LogP contribution in [0.2, 0.25) is 0 Å². The Morgan fingerprint density at radius 2 is 1.64 bits per heavy atom. The molecule has 0 fully saturated rings. The lowest BCUT2D eigenvalue weighted by Crippen LogP contribution is -2.28. The van der Waals surface area contributed by atoms with Gasteiger partial charge in [-0.1, -0.05) is 48.5 Å². The van der Waals surface area contributed by atoms with Gasteiger partial charge in [-0.3, -0.25) is 4.79 Å². The minimum Gasteiger partial charge on any atom is -0.349 e. The number of hydrogen-bond acceptors (Lipinski definition) is 2. The molecule has 0 aliphatic rings. The van der Waals surface area contributed by atoms with Gasteiger partial charge in [0, 0.05) is 13.2 Å². The minimum atomic E-state index is -0.159. The average Bonchev–Trinajstić information content (AvgIpc) is 3.35. The van der Waals surface area contributed by atoms with Crippen LogP contribution in [0, 0.1) is 0 Å². The monoisotopic (exact) mass is 370 g/mol. The van der Waals surface area contributed by atoms with Gasteiger partial charge in [0.2, 0.25) is 0 Å². The van der Waals surface area contributed by atoms with Gasteiger partial charge < -0.3 is 9.88 Å². The molecule has 1 N–H and O–H groups in total. The van der Waals surface area contributed by atoms with Crippen molar-refractivity contribution in [2.24, 2.45) is 7.05 Å². The molecule has 0 saturated carbocycles. The zero-order valence-electron chi connectivity index (χ0n) is 15.9. The molecule has 4 aromatic rings. The molecule has 5 nitrogen and oxygen atoms in total. The summed E-state index contributed by atoms with van der Waals surface area (Å²) in [6.07, 6.45) is 1.97. The lowest BCUT2D eigenvalue weighted by molar-refractivity contribution is 0.0932. The van der Waals surface area contributed by atoms with E-state index in [0.29, 0.717) is 5.69 Å². The zero-order valence-corrected chi connectivity index (χ0v) is 15.9. The second-order valence-corrected chi connectivity index (χ2v) is 6.77. The standard InChI is InChI=1S/C23H22N4O/c1-17(18-10-5-3-6-11-18)24-23(28)22-16-20(21-14-9-15-26(21)2)25-27(22)19-12-7-4-8-13-19/h3-17H,1-2H3,(H,24,28). The van der Waals surface area contributed by atoms with E-state index >= 15 is 0 Å². The average molecular weight is 370 g/mol. The highest BCUT2D eigenvalue weighted by atomic mass is 16.2. The number of nitrogens with one attached hydrogen (secondary N) is 1. The van der Waals surface area contributed by atoms with Crippen molar-refractivity contribution in [2.75, 3.05) is 0 Å². The predicted octanol–water partition coefficient (Wildman–Crippen LogP) is 4.37. The van der Waals surface area contributed by atoms with E-state index in [4.69, 9.17) is 5.10 Å². The number of aromatic nitrogens is 3. The first-order chi connectivity index (χ1) is 13.6. The Bertz CT molecular complexity index is 1080. The fraction of sp³-hybridized carbons (Fsp3) is 0.130. The van der Waals surface area contributed by atoms with E-state index in [-0.39, 0.29) is 11.9 Å². The van der Waals surface area contributed by atoms with Gasteiger partial charge in [-0.2, -0.15) is 5.10 Å². The Morgan fingerprint density at radius 1 is 0.964 bits per heavy atom. The van der Waals surface area contributed by atoms with Crippen LogP contribution >= 0.6 is 0 Å². The van der Waals surface area contributed by atoms with Gasteiger partial charge in [0.1, 0.15) is 11.4 Å². The molecule has 2 aromatic carbocycles. The Kier molecular flexibility index (Phi) is 4.81. The lowest BCUT2D eigenvalue weighted by Gasteiger charge is -2.15. The highest BCUT2D eigenvalue weighted by molar-refractivity contribution is 5.94. The molecule has 0 spiro atoms. The summed E-state index contributed by atoms with van der Waals surface area (Å²) in [5.41, 5.74) is 4.13. The molecule has 5 heteroatoms. The second-order valence-electron chi connectivity index (χ2n) is 6.77. The topological polar surface area (TPSA) is 51.9 Å². The van der Waals surface area contributed by atoms with Crippen molar-refractivity contribution in [3.05, 3.63) is 96.3 Å². The maximum atomic E-state index is 13.1. The molecule has 1 amide bonds. The summed E-state index contributed by atoms with van der Waals surface area (Å²) in [4.78, 5) is 13.1. The number of nitrogens with zero attached hydrogens (tertiary/aromatic N) is 3. The third kappa shape index (κ3) is 3.47.